The van der Waals surface area contributed by atoms with Crippen molar-refractivity contribution in [2.24, 2.45) is 4.99 Å². The summed E-state index contributed by atoms with van der Waals surface area (Å²) in [4.78, 5) is 13.3. The third-order valence-corrected chi connectivity index (χ3v) is 2.82. The molecule has 0 radical (unpaired) electrons. The smallest absolute Gasteiger partial charge is 0.309 e. The molecule has 1 aliphatic heterocycles. The lowest BCUT2D eigenvalue weighted by Gasteiger charge is -2.36. The average Bonchev–Trinajstić information content (AvgIpc) is 1.97. The molecule has 2 atom stereocenters. The van der Waals surface area contributed by atoms with Gasteiger partial charge in [-0.1, -0.05) is 23.2 Å². The Kier molecular flexibility index (Phi) is 3.55. The number of rotatable bonds is 0. The van der Waals surface area contributed by atoms with Crippen molar-refractivity contribution in [3.05, 3.63) is 0 Å². The standard InChI is InChI=1S/C8H10Cl3NO3/c1-4(13)15-6-7(2,9)3-8(10,11)5(14)12-6/h5,14H,3H2,1-2H3/t5-,7+/m1/s1. The second-order valence-electron chi connectivity index (χ2n) is 3.54. The van der Waals surface area contributed by atoms with Crippen LogP contribution in [-0.4, -0.2) is 32.4 Å². The van der Waals surface area contributed by atoms with Gasteiger partial charge in [0.1, 0.15) is 4.87 Å². The third-order valence-electron chi connectivity index (χ3n) is 1.87. The van der Waals surface area contributed by atoms with Gasteiger partial charge in [-0.3, -0.25) is 4.79 Å². The molecule has 86 valence electrons. The first-order chi connectivity index (χ1) is 6.65. The van der Waals surface area contributed by atoms with Crippen LogP contribution in [0.5, 0.6) is 0 Å². The molecule has 0 bridgehead atoms. The van der Waals surface area contributed by atoms with Crippen molar-refractivity contribution >= 4 is 46.7 Å². The maximum atomic E-state index is 10.8. The van der Waals surface area contributed by atoms with E-state index in [0.717, 1.165) is 0 Å². The van der Waals surface area contributed by atoms with Crippen molar-refractivity contribution < 1.29 is 14.6 Å². The fraction of sp³-hybridized carbons (Fsp3) is 0.750. The minimum atomic E-state index is -1.47. The zero-order valence-electron chi connectivity index (χ0n) is 8.13. The van der Waals surface area contributed by atoms with Crippen LogP contribution in [0, 0.1) is 0 Å². The van der Waals surface area contributed by atoms with Crippen LogP contribution in [0.2, 0.25) is 0 Å². The van der Waals surface area contributed by atoms with Gasteiger partial charge in [0.25, 0.3) is 0 Å². The summed E-state index contributed by atoms with van der Waals surface area (Å²) in [5.41, 5.74) is 0. The fourth-order valence-corrected chi connectivity index (χ4v) is 2.29. The second kappa shape index (κ2) is 4.09. The van der Waals surface area contributed by atoms with E-state index in [4.69, 9.17) is 39.5 Å². The molecular formula is C8H10Cl3NO3. The van der Waals surface area contributed by atoms with Crippen molar-refractivity contribution in [2.75, 3.05) is 0 Å². The molecule has 0 fully saturated rings. The van der Waals surface area contributed by atoms with Crippen LogP contribution in [0.25, 0.3) is 0 Å². The van der Waals surface area contributed by atoms with Crippen LogP contribution < -0.4 is 0 Å². The maximum Gasteiger partial charge on any atom is 0.309 e. The number of ether oxygens (including phenoxy) is 1. The van der Waals surface area contributed by atoms with Crippen LogP contribution in [-0.2, 0) is 9.53 Å². The highest BCUT2D eigenvalue weighted by atomic mass is 35.5. The Balaban J connectivity index is 3.00. The largest absolute Gasteiger partial charge is 0.410 e. The molecule has 0 saturated heterocycles. The van der Waals surface area contributed by atoms with E-state index in [-0.39, 0.29) is 12.3 Å². The van der Waals surface area contributed by atoms with Crippen molar-refractivity contribution in [3.63, 3.8) is 0 Å². The van der Waals surface area contributed by atoms with Gasteiger partial charge < -0.3 is 9.84 Å². The summed E-state index contributed by atoms with van der Waals surface area (Å²) in [7, 11) is 0. The van der Waals surface area contributed by atoms with Crippen molar-refractivity contribution in [1.29, 1.82) is 0 Å². The first-order valence-electron chi connectivity index (χ1n) is 4.17. The molecule has 0 saturated carbocycles. The topological polar surface area (TPSA) is 58.9 Å². The van der Waals surface area contributed by atoms with Crippen molar-refractivity contribution in [3.8, 4) is 0 Å². The summed E-state index contributed by atoms with van der Waals surface area (Å²) in [6.45, 7) is 2.77. The zero-order chi connectivity index (χ0) is 11.9. The molecule has 0 aromatic rings. The molecule has 1 N–H and O–H groups in total. The fourth-order valence-electron chi connectivity index (χ4n) is 1.22. The molecular weight excluding hydrogens is 264 g/mol. The number of carbonyl (C=O) groups excluding carboxylic acids is 1. The lowest BCUT2D eigenvalue weighted by Crippen LogP contribution is -2.48. The summed E-state index contributed by atoms with van der Waals surface area (Å²) < 4.78 is 3.30. The molecule has 1 rings (SSSR count). The van der Waals surface area contributed by atoms with Crippen molar-refractivity contribution in [1.82, 2.24) is 0 Å². The summed E-state index contributed by atoms with van der Waals surface area (Å²) in [6, 6.07) is 0. The van der Waals surface area contributed by atoms with Gasteiger partial charge in [0, 0.05) is 13.3 Å². The first-order valence-corrected chi connectivity index (χ1v) is 5.30. The van der Waals surface area contributed by atoms with E-state index in [0.29, 0.717) is 0 Å². The highest BCUT2D eigenvalue weighted by Crippen LogP contribution is 2.42. The summed E-state index contributed by atoms with van der Waals surface area (Å²) >= 11 is 17.6. The average molecular weight is 275 g/mol. The van der Waals surface area contributed by atoms with E-state index in [9.17, 15) is 9.90 Å². The van der Waals surface area contributed by atoms with Gasteiger partial charge in [0.15, 0.2) is 10.6 Å². The van der Waals surface area contributed by atoms with Gasteiger partial charge in [0.2, 0.25) is 5.90 Å². The molecule has 0 aliphatic carbocycles. The van der Waals surface area contributed by atoms with Gasteiger partial charge in [0.05, 0.1) is 0 Å². The third kappa shape index (κ3) is 2.97. The van der Waals surface area contributed by atoms with Gasteiger partial charge in [-0.2, -0.15) is 0 Å². The zero-order valence-corrected chi connectivity index (χ0v) is 10.4. The van der Waals surface area contributed by atoms with E-state index in [2.05, 4.69) is 4.99 Å². The lowest BCUT2D eigenvalue weighted by molar-refractivity contribution is -0.133. The molecule has 0 amide bonds. The number of carbonyl (C=O) groups is 1. The molecule has 15 heavy (non-hydrogen) atoms. The Hall–Kier alpha value is -0.0300. The van der Waals surface area contributed by atoms with Crippen LogP contribution in [0.4, 0.5) is 0 Å². The number of aliphatic hydroxyl groups excluding tert-OH is 1. The summed E-state index contributed by atoms with van der Waals surface area (Å²) in [6.07, 6.45) is -1.33. The Morgan fingerprint density at radius 1 is 1.60 bits per heavy atom. The number of halogens is 3. The minimum Gasteiger partial charge on any atom is -0.410 e. The number of alkyl halides is 3. The first kappa shape index (κ1) is 13.0. The molecule has 0 aromatic carbocycles. The van der Waals surface area contributed by atoms with E-state index in [1.54, 1.807) is 6.92 Å². The number of aliphatic hydroxyl groups is 1. The van der Waals surface area contributed by atoms with Crippen molar-refractivity contribution in [2.45, 2.75) is 35.7 Å². The summed E-state index contributed by atoms with van der Waals surface area (Å²) in [5.74, 6) is -0.634. The number of aliphatic imine (C=N–C) groups is 1. The highest BCUT2D eigenvalue weighted by molar-refractivity contribution is 6.50. The Bertz CT molecular complexity index is 314. The van der Waals surface area contributed by atoms with Gasteiger partial charge >= 0.3 is 5.97 Å². The van der Waals surface area contributed by atoms with Crippen LogP contribution in [0.15, 0.2) is 4.99 Å². The molecule has 1 aliphatic rings. The number of nitrogens with zero attached hydrogens (tertiary/aromatic N) is 1. The van der Waals surface area contributed by atoms with E-state index >= 15 is 0 Å². The molecule has 0 aromatic heterocycles. The monoisotopic (exact) mass is 273 g/mol. The maximum absolute atomic E-state index is 10.8. The number of hydrogen-bond donors (Lipinski definition) is 1. The van der Waals surface area contributed by atoms with Gasteiger partial charge in [-0.15, -0.1) is 11.6 Å². The SMILES string of the molecule is CC(=O)OC1=N[C@H](O)C(Cl)(Cl)C[C@]1(C)Cl. The predicted octanol–water partition coefficient (Wildman–Crippen LogP) is 1.84. The molecule has 4 nitrogen and oxygen atoms in total. The van der Waals surface area contributed by atoms with Crippen LogP contribution in [0.3, 0.4) is 0 Å². The van der Waals surface area contributed by atoms with Crippen LogP contribution >= 0.6 is 34.8 Å². The number of hydrogen-bond acceptors (Lipinski definition) is 4. The highest BCUT2D eigenvalue weighted by Gasteiger charge is 2.49. The Morgan fingerprint density at radius 2 is 2.13 bits per heavy atom. The predicted molar refractivity (Wildman–Crippen MR) is 58.5 cm³/mol. The number of esters is 1. The lowest BCUT2D eigenvalue weighted by atomic mass is 10.00. The van der Waals surface area contributed by atoms with E-state index in [1.807, 2.05) is 0 Å². The molecule has 0 spiro atoms. The Morgan fingerprint density at radius 3 is 2.60 bits per heavy atom. The van der Waals surface area contributed by atoms with E-state index in [1.165, 1.54) is 6.92 Å². The van der Waals surface area contributed by atoms with Gasteiger partial charge in [-0.25, -0.2) is 4.99 Å². The normalized spacial score (nSPS) is 34.5. The Labute approximate surface area is 102 Å². The molecule has 7 heteroatoms. The van der Waals surface area contributed by atoms with Gasteiger partial charge in [-0.05, 0) is 6.92 Å². The van der Waals surface area contributed by atoms with E-state index < -0.39 is 21.4 Å². The summed E-state index contributed by atoms with van der Waals surface area (Å²) in [5, 5.41) is 9.45. The quantitative estimate of drug-likeness (QED) is 0.542. The molecule has 1 heterocycles. The second-order valence-corrected chi connectivity index (χ2v) is 5.91. The van der Waals surface area contributed by atoms with Crippen LogP contribution in [0.1, 0.15) is 20.3 Å². The minimum absolute atomic E-state index is 0.0257. The molecule has 0 unspecified atom stereocenters.